The maximum absolute atomic E-state index is 14.0. The Balaban J connectivity index is 1.19. The molecule has 1 spiro atoms. The number of piperidine rings is 1. The van der Waals surface area contributed by atoms with Crippen LogP contribution in [-0.4, -0.2) is 52.1 Å². The molecule has 1 N–H and O–H groups in total. The molecule has 47 heavy (non-hydrogen) atoms. The second kappa shape index (κ2) is 13.4. The van der Waals surface area contributed by atoms with Crippen LogP contribution in [0.1, 0.15) is 76.7 Å². The number of ketones is 1. The topological polar surface area (TPSA) is 102 Å². The lowest BCUT2D eigenvalue weighted by molar-refractivity contribution is 0.0471. The molecular formula is C37H36N2O6S2. The summed E-state index contributed by atoms with van der Waals surface area (Å²) in [6.45, 7) is 6.51. The van der Waals surface area contributed by atoms with Gasteiger partial charge in [-0.3, -0.25) is 14.9 Å². The zero-order valence-corrected chi connectivity index (χ0v) is 28.2. The van der Waals surface area contributed by atoms with Crippen LogP contribution in [0.3, 0.4) is 0 Å². The zero-order valence-electron chi connectivity index (χ0n) is 26.5. The molecule has 0 aliphatic carbocycles. The van der Waals surface area contributed by atoms with Gasteiger partial charge in [-0.1, -0.05) is 60.7 Å². The highest BCUT2D eigenvalue weighted by Crippen LogP contribution is 2.49. The Bertz CT molecular complexity index is 1800. The summed E-state index contributed by atoms with van der Waals surface area (Å²) in [6, 6.07) is 26.0. The number of esters is 1. The molecule has 4 aromatic rings. The van der Waals surface area contributed by atoms with Gasteiger partial charge in [-0.05, 0) is 69.0 Å². The maximum atomic E-state index is 14.0. The van der Waals surface area contributed by atoms with Gasteiger partial charge in [0.2, 0.25) is 0 Å². The number of thioether (sulfide) groups is 1. The van der Waals surface area contributed by atoms with Crippen molar-refractivity contribution in [1.82, 2.24) is 4.90 Å². The van der Waals surface area contributed by atoms with Crippen molar-refractivity contribution in [2.75, 3.05) is 18.4 Å². The fourth-order valence-corrected chi connectivity index (χ4v) is 8.30. The third kappa shape index (κ3) is 7.60. The van der Waals surface area contributed by atoms with Crippen LogP contribution in [-0.2, 0) is 16.1 Å². The van der Waals surface area contributed by atoms with Crippen LogP contribution in [0.15, 0.2) is 89.8 Å². The summed E-state index contributed by atoms with van der Waals surface area (Å²) in [6.07, 6.45) is 1.19. The normalized spacial score (nSPS) is 15.6. The third-order valence-corrected chi connectivity index (χ3v) is 10.8. The molecule has 1 fully saturated rings. The second-order valence-electron chi connectivity index (χ2n) is 12.8. The Labute approximate surface area is 282 Å². The lowest BCUT2D eigenvalue weighted by Crippen LogP contribution is -2.47. The van der Waals surface area contributed by atoms with Gasteiger partial charge in [-0.15, -0.1) is 23.1 Å². The Morgan fingerprint density at radius 1 is 0.915 bits per heavy atom. The van der Waals surface area contributed by atoms with Crippen LogP contribution in [0.25, 0.3) is 10.4 Å². The van der Waals surface area contributed by atoms with Gasteiger partial charge < -0.3 is 14.4 Å². The van der Waals surface area contributed by atoms with Crippen LogP contribution in [0.5, 0.6) is 0 Å². The van der Waals surface area contributed by atoms with Gasteiger partial charge in [-0.2, -0.15) is 0 Å². The Morgan fingerprint density at radius 2 is 1.60 bits per heavy atom. The first kappa shape index (κ1) is 32.5. The number of carbonyl (C=O) groups excluding carboxylic acids is 4. The van der Waals surface area contributed by atoms with E-state index in [1.54, 1.807) is 67.8 Å². The molecule has 242 valence electrons. The quantitative estimate of drug-likeness (QED) is 0.206. The zero-order chi connectivity index (χ0) is 33.2. The van der Waals surface area contributed by atoms with Crippen molar-refractivity contribution >= 4 is 51.9 Å². The molecule has 0 saturated carbocycles. The van der Waals surface area contributed by atoms with Crippen molar-refractivity contribution in [3.63, 3.8) is 0 Å². The lowest BCUT2D eigenvalue weighted by Gasteiger charge is -2.43. The van der Waals surface area contributed by atoms with Crippen LogP contribution < -0.4 is 5.32 Å². The second-order valence-corrected chi connectivity index (χ2v) is 15.4. The van der Waals surface area contributed by atoms with Crippen LogP contribution in [0, 0.1) is 0 Å². The standard InChI is InChI=1S/C37H36N2O6S2/c1-36(2,3)45-35(43)38-32-28(33(41)39-19-17-37(18-20-39)22-29(40)27-11-7-8-12-30(27)47-37)21-31(46-32)25-13-15-26(16-14-25)34(42)44-23-24-9-5-4-6-10-24/h4-16,21H,17-20,22-23H2,1-3H3,(H,38,43). The number of rotatable bonds is 6. The van der Waals surface area contributed by atoms with Gasteiger partial charge in [-0.25, -0.2) is 9.59 Å². The summed E-state index contributed by atoms with van der Waals surface area (Å²) in [5.41, 5.74) is 2.54. The molecule has 0 bridgehead atoms. The molecule has 0 atom stereocenters. The molecule has 3 heterocycles. The van der Waals surface area contributed by atoms with Crippen LogP contribution in [0.4, 0.5) is 9.80 Å². The SMILES string of the molecule is CC(C)(C)OC(=O)Nc1sc(-c2ccc(C(=O)OCc3ccccc3)cc2)cc1C(=O)N1CCC2(CC1)CC(=O)c1ccccc1S2. The number of nitrogens with one attached hydrogen (secondary N) is 1. The van der Waals surface area contributed by atoms with Gasteiger partial charge in [0.25, 0.3) is 5.91 Å². The Hall–Kier alpha value is -4.41. The summed E-state index contributed by atoms with van der Waals surface area (Å²) in [5, 5.41) is 3.19. The van der Waals surface area contributed by atoms with Crippen molar-refractivity contribution in [2.24, 2.45) is 0 Å². The minimum Gasteiger partial charge on any atom is -0.457 e. The van der Waals surface area contributed by atoms with Crippen molar-refractivity contribution in [3.05, 3.63) is 107 Å². The number of fused-ring (bicyclic) bond motifs is 1. The molecule has 0 radical (unpaired) electrons. The summed E-state index contributed by atoms with van der Waals surface area (Å²) in [4.78, 5) is 56.0. The van der Waals surface area contributed by atoms with Crippen LogP contribution in [0.2, 0.25) is 0 Å². The Kier molecular flexibility index (Phi) is 9.25. The molecule has 0 unspecified atom stereocenters. The number of benzene rings is 3. The fourth-order valence-electron chi connectivity index (χ4n) is 5.77. The molecule has 2 aliphatic heterocycles. The number of hydrogen-bond donors (Lipinski definition) is 1. The van der Waals surface area contributed by atoms with E-state index in [1.165, 1.54) is 11.3 Å². The van der Waals surface area contributed by atoms with Crippen molar-refractivity contribution < 1.29 is 28.7 Å². The molecule has 2 amide bonds. The highest BCUT2D eigenvalue weighted by Gasteiger charge is 2.43. The van der Waals surface area contributed by atoms with Gasteiger partial charge in [0.1, 0.15) is 17.2 Å². The van der Waals surface area contributed by atoms with E-state index in [1.807, 2.05) is 54.6 Å². The smallest absolute Gasteiger partial charge is 0.412 e. The first-order valence-electron chi connectivity index (χ1n) is 15.5. The molecule has 2 aliphatic rings. The third-order valence-electron chi connectivity index (χ3n) is 8.15. The van der Waals surface area contributed by atoms with Crippen molar-refractivity contribution in [1.29, 1.82) is 0 Å². The van der Waals surface area contributed by atoms with E-state index in [2.05, 4.69) is 5.32 Å². The molecule has 10 heteroatoms. The minimum atomic E-state index is -0.714. The largest absolute Gasteiger partial charge is 0.457 e. The number of amides is 2. The molecule has 1 saturated heterocycles. The highest BCUT2D eigenvalue weighted by molar-refractivity contribution is 8.01. The van der Waals surface area contributed by atoms with Crippen molar-refractivity contribution in [2.45, 2.75) is 61.9 Å². The number of anilines is 1. The average Bonchev–Trinajstić information content (AvgIpc) is 3.46. The van der Waals surface area contributed by atoms with E-state index in [-0.39, 0.29) is 23.0 Å². The number of thiophene rings is 1. The average molecular weight is 669 g/mol. The van der Waals surface area contributed by atoms with Crippen molar-refractivity contribution in [3.8, 4) is 10.4 Å². The molecule has 6 rings (SSSR count). The van der Waals surface area contributed by atoms with E-state index in [9.17, 15) is 19.2 Å². The predicted octanol–water partition coefficient (Wildman–Crippen LogP) is 8.47. The highest BCUT2D eigenvalue weighted by atomic mass is 32.2. The van der Waals surface area contributed by atoms with Crippen LogP contribution >= 0.6 is 23.1 Å². The van der Waals surface area contributed by atoms with E-state index in [0.29, 0.717) is 48.5 Å². The summed E-state index contributed by atoms with van der Waals surface area (Å²) in [7, 11) is 0. The molecule has 1 aromatic heterocycles. The minimum absolute atomic E-state index is 0.154. The first-order chi connectivity index (χ1) is 22.5. The molecule has 8 nitrogen and oxygen atoms in total. The summed E-state index contributed by atoms with van der Waals surface area (Å²) < 4.78 is 10.7. The summed E-state index contributed by atoms with van der Waals surface area (Å²) >= 11 is 3.02. The number of carbonyl (C=O) groups is 4. The molecule has 3 aromatic carbocycles. The van der Waals surface area contributed by atoms with E-state index in [4.69, 9.17) is 9.47 Å². The lowest BCUT2D eigenvalue weighted by atomic mass is 9.88. The fraction of sp³-hybridized carbons (Fsp3) is 0.297. The summed E-state index contributed by atoms with van der Waals surface area (Å²) in [5.74, 6) is -0.470. The predicted molar refractivity (Wildman–Crippen MR) is 184 cm³/mol. The van der Waals surface area contributed by atoms with Gasteiger partial charge in [0.05, 0.1) is 11.1 Å². The number of hydrogen-bond acceptors (Lipinski definition) is 8. The number of nitrogens with zero attached hydrogens (tertiary/aromatic N) is 1. The number of likely N-dealkylation sites (tertiary alicyclic amines) is 1. The number of ether oxygens (including phenoxy) is 2. The van der Waals surface area contributed by atoms with E-state index in [0.717, 1.165) is 26.5 Å². The maximum Gasteiger partial charge on any atom is 0.412 e. The first-order valence-corrected chi connectivity index (χ1v) is 17.2. The van der Waals surface area contributed by atoms with Gasteiger partial charge in [0, 0.05) is 39.6 Å². The van der Waals surface area contributed by atoms with Gasteiger partial charge in [0.15, 0.2) is 5.78 Å². The Morgan fingerprint density at radius 3 is 2.30 bits per heavy atom. The monoisotopic (exact) mass is 668 g/mol. The van der Waals surface area contributed by atoms with E-state index < -0.39 is 17.7 Å². The molecular weight excluding hydrogens is 633 g/mol. The van der Waals surface area contributed by atoms with E-state index >= 15 is 0 Å². The number of Topliss-reactive ketones (excluding diaryl/α,β-unsaturated/α-hetero) is 1. The van der Waals surface area contributed by atoms with Gasteiger partial charge >= 0.3 is 12.1 Å².